The molecule has 1 heterocycles. The number of rotatable bonds is 3. The minimum Gasteiger partial charge on any atom is -0.398 e. The third-order valence-electron chi connectivity index (χ3n) is 2.99. The molecule has 0 saturated carbocycles. The first-order valence-electron chi connectivity index (χ1n) is 5.81. The van der Waals surface area contributed by atoms with Gasteiger partial charge in [-0.25, -0.2) is 0 Å². The van der Waals surface area contributed by atoms with Crippen molar-refractivity contribution in [1.29, 1.82) is 0 Å². The predicted molar refractivity (Wildman–Crippen MR) is 83.4 cm³/mol. The van der Waals surface area contributed by atoms with Crippen LogP contribution in [0.15, 0.2) is 33.4 Å². The lowest BCUT2D eigenvalue weighted by atomic mass is 10.1. The van der Waals surface area contributed by atoms with Gasteiger partial charge in [-0.1, -0.05) is 15.9 Å². The highest BCUT2D eigenvalue weighted by Crippen LogP contribution is 2.24. The van der Waals surface area contributed by atoms with Crippen LogP contribution in [-0.2, 0) is 6.54 Å². The summed E-state index contributed by atoms with van der Waals surface area (Å²) in [5.41, 5.74) is 9.13. The first kappa shape index (κ1) is 14.1. The summed E-state index contributed by atoms with van der Waals surface area (Å²) in [6, 6.07) is 5.65. The van der Waals surface area contributed by atoms with Gasteiger partial charge in [0.1, 0.15) is 0 Å². The van der Waals surface area contributed by atoms with Crippen LogP contribution in [-0.4, -0.2) is 17.9 Å². The fourth-order valence-electron chi connectivity index (χ4n) is 1.86. The molecule has 0 aliphatic rings. The number of nitrogens with two attached hydrogens (primary N) is 1. The normalized spacial score (nSPS) is 10.5. The number of carbonyl (C=O) groups excluding carboxylic acids is 1. The minimum atomic E-state index is -0.0169. The van der Waals surface area contributed by atoms with Crippen LogP contribution in [0.25, 0.3) is 0 Å². The van der Waals surface area contributed by atoms with Crippen molar-refractivity contribution in [3.8, 4) is 0 Å². The Kier molecular flexibility index (Phi) is 4.27. The fourth-order valence-corrected chi connectivity index (χ4v) is 2.99. The molecule has 0 radical (unpaired) electrons. The number of carbonyl (C=O) groups is 1. The van der Waals surface area contributed by atoms with Crippen molar-refractivity contribution >= 4 is 38.9 Å². The molecule has 1 aromatic carbocycles. The van der Waals surface area contributed by atoms with Gasteiger partial charge in [-0.2, -0.15) is 11.3 Å². The molecule has 3 nitrogen and oxygen atoms in total. The molecule has 0 fully saturated rings. The monoisotopic (exact) mass is 338 g/mol. The van der Waals surface area contributed by atoms with Crippen LogP contribution < -0.4 is 5.73 Å². The number of halogens is 1. The van der Waals surface area contributed by atoms with Gasteiger partial charge in [-0.05, 0) is 47.0 Å². The molecule has 100 valence electrons. The molecule has 19 heavy (non-hydrogen) atoms. The quantitative estimate of drug-likeness (QED) is 0.868. The number of hydrogen-bond acceptors (Lipinski definition) is 3. The van der Waals surface area contributed by atoms with E-state index in [4.69, 9.17) is 5.73 Å². The third-order valence-corrected chi connectivity index (χ3v) is 4.18. The molecule has 5 heteroatoms. The van der Waals surface area contributed by atoms with Crippen LogP contribution in [0.2, 0.25) is 0 Å². The van der Waals surface area contributed by atoms with Gasteiger partial charge >= 0.3 is 0 Å². The Morgan fingerprint density at radius 2 is 2.21 bits per heavy atom. The van der Waals surface area contributed by atoms with E-state index in [1.54, 1.807) is 23.3 Å². The van der Waals surface area contributed by atoms with Crippen molar-refractivity contribution in [3.63, 3.8) is 0 Å². The van der Waals surface area contributed by atoms with Gasteiger partial charge in [-0.3, -0.25) is 4.79 Å². The Hall–Kier alpha value is -1.33. The van der Waals surface area contributed by atoms with E-state index >= 15 is 0 Å². The maximum absolute atomic E-state index is 12.4. The van der Waals surface area contributed by atoms with E-state index in [9.17, 15) is 4.79 Å². The van der Waals surface area contributed by atoms with Crippen molar-refractivity contribution in [3.05, 3.63) is 50.1 Å². The molecule has 2 rings (SSSR count). The molecular formula is C14H15BrN2OS. The number of benzene rings is 1. The lowest BCUT2D eigenvalue weighted by Crippen LogP contribution is -2.26. The highest BCUT2D eigenvalue weighted by Gasteiger charge is 2.16. The third kappa shape index (κ3) is 3.16. The van der Waals surface area contributed by atoms with Crippen molar-refractivity contribution < 1.29 is 4.79 Å². The summed E-state index contributed by atoms with van der Waals surface area (Å²) in [5.74, 6) is -0.0169. The summed E-state index contributed by atoms with van der Waals surface area (Å²) in [7, 11) is 1.80. The molecule has 0 saturated heterocycles. The molecule has 0 bridgehead atoms. The molecule has 0 spiro atoms. The highest BCUT2D eigenvalue weighted by atomic mass is 79.9. The van der Waals surface area contributed by atoms with E-state index in [0.29, 0.717) is 17.8 Å². The summed E-state index contributed by atoms with van der Waals surface area (Å²) in [6.07, 6.45) is 0. The first-order chi connectivity index (χ1) is 8.99. The van der Waals surface area contributed by atoms with E-state index in [-0.39, 0.29) is 5.91 Å². The molecule has 2 aromatic rings. The van der Waals surface area contributed by atoms with E-state index in [1.165, 1.54) is 0 Å². The van der Waals surface area contributed by atoms with Crippen LogP contribution >= 0.6 is 27.3 Å². The topological polar surface area (TPSA) is 46.3 Å². The second kappa shape index (κ2) is 5.75. The van der Waals surface area contributed by atoms with Gasteiger partial charge in [0.15, 0.2) is 0 Å². The second-order valence-corrected chi connectivity index (χ2v) is 6.16. The van der Waals surface area contributed by atoms with E-state index in [1.807, 2.05) is 35.9 Å². The number of hydrogen-bond donors (Lipinski definition) is 1. The SMILES string of the molecule is Cc1c(N)cc(Br)cc1C(=O)N(C)Cc1ccsc1. The molecule has 0 aliphatic heterocycles. The molecule has 0 aliphatic carbocycles. The molecule has 1 aromatic heterocycles. The van der Waals surface area contributed by atoms with Crippen LogP contribution in [0.4, 0.5) is 5.69 Å². The van der Waals surface area contributed by atoms with Crippen LogP contribution in [0.1, 0.15) is 21.5 Å². The maximum Gasteiger partial charge on any atom is 0.254 e. The number of anilines is 1. The summed E-state index contributed by atoms with van der Waals surface area (Å²) in [6.45, 7) is 2.47. The Morgan fingerprint density at radius 3 is 2.84 bits per heavy atom. The lowest BCUT2D eigenvalue weighted by Gasteiger charge is -2.18. The van der Waals surface area contributed by atoms with Crippen molar-refractivity contribution in [2.24, 2.45) is 0 Å². The summed E-state index contributed by atoms with van der Waals surface area (Å²) < 4.78 is 0.822. The second-order valence-electron chi connectivity index (χ2n) is 4.46. The zero-order valence-electron chi connectivity index (χ0n) is 10.8. The molecule has 0 atom stereocenters. The predicted octanol–water partition coefficient (Wildman–Crippen LogP) is 3.67. The smallest absolute Gasteiger partial charge is 0.254 e. The zero-order chi connectivity index (χ0) is 14.0. The summed E-state index contributed by atoms with van der Waals surface area (Å²) >= 11 is 5.01. The van der Waals surface area contributed by atoms with Crippen LogP contribution in [0.3, 0.4) is 0 Å². The Labute approximate surface area is 125 Å². The minimum absolute atomic E-state index is 0.0169. The van der Waals surface area contributed by atoms with Gasteiger partial charge in [0.25, 0.3) is 5.91 Å². The Bertz CT molecular complexity index is 596. The lowest BCUT2D eigenvalue weighted by molar-refractivity contribution is 0.0784. The average Bonchev–Trinajstić information content (AvgIpc) is 2.85. The van der Waals surface area contributed by atoms with Crippen LogP contribution in [0, 0.1) is 6.92 Å². The average molecular weight is 339 g/mol. The van der Waals surface area contributed by atoms with E-state index in [0.717, 1.165) is 15.6 Å². The zero-order valence-corrected chi connectivity index (χ0v) is 13.2. The number of nitrogen functional groups attached to an aromatic ring is 1. The number of amides is 1. The summed E-state index contributed by atoms with van der Waals surface area (Å²) in [4.78, 5) is 14.2. The van der Waals surface area contributed by atoms with Crippen molar-refractivity contribution in [1.82, 2.24) is 4.90 Å². The molecule has 2 N–H and O–H groups in total. The Balaban J connectivity index is 2.24. The largest absolute Gasteiger partial charge is 0.398 e. The van der Waals surface area contributed by atoms with Gasteiger partial charge < -0.3 is 10.6 Å². The molecule has 0 unspecified atom stereocenters. The van der Waals surface area contributed by atoms with Gasteiger partial charge in [-0.15, -0.1) is 0 Å². The van der Waals surface area contributed by atoms with Crippen molar-refractivity contribution in [2.45, 2.75) is 13.5 Å². The van der Waals surface area contributed by atoms with Gasteiger partial charge in [0.05, 0.1) is 0 Å². The van der Waals surface area contributed by atoms with E-state index < -0.39 is 0 Å². The summed E-state index contributed by atoms with van der Waals surface area (Å²) in [5, 5.41) is 4.06. The number of nitrogens with zero attached hydrogens (tertiary/aromatic N) is 1. The van der Waals surface area contributed by atoms with E-state index in [2.05, 4.69) is 15.9 Å². The fraction of sp³-hybridized carbons (Fsp3) is 0.214. The molecular weight excluding hydrogens is 324 g/mol. The number of thiophene rings is 1. The standard InChI is InChI=1S/C14H15BrN2OS/c1-9-12(5-11(15)6-13(9)16)14(18)17(2)7-10-3-4-19-8-10/h3-6,8H,7,16H2,1-2H3. The van der Waals surface area contributed by atoms with Gasteiger partial charge in [0.2, 0.25) is 0 Å². The maximum atomic E-state index is 12.4. The van der Waals surface area contributed by atoms with Crippen LogP contribution in [0.5, 0.6) is 0 Å². The van der Waals surface area contributed by atoms with Crippen molar-refractivity contribution in [2.75, 3.05) is 12.8 Å². The molecule has 1 amide bonds. The van der Waals surface area contributed by atoms with Gasteiger partial charge in [0, 0.05) is 29.3 Å². The highest BCUT2D eigenvalue weighted by molar-refractivity contribution is 9.10. The Morgan fingerprint density at radius 1 is 1.47 bits per heavy atom. The first-order valence-corrected chi connectivity index (χ1v) is 7.54.